The SMILES string of the molecule is CC(CC1CCC1)NC(C)c1ccccc1Cl. The van der Waals surface area contributed by atoms with Gasteiger partial charge in [0.2, 0.25) is 0 Å². The monoisotopic (exact) mass is 251 g/mol. The van der Waals surface area contributed by atoms with E-state index < -0.39 is 0 Å². The highest BCUT2D eigenvalue weighted by Crippen LogP contribution is 2.31. The van der Waals surface area contributed by atoms with Gasteiger partial charge in [0.15, 0.2) is 0 Å². The minimum Gasteiger partial charge on any atom is -0.308 e. The predicted molar refractivity (Wildman–Crippen MR) is 74.4 cm³/mol. The van der Waals surface area contributed by atoms with Crippen molar-refractivity contribution in [3.05, 3.63) is 34.9 Å². The van der Waals surface area contributed by atoms with E-state index in [1.807, 2.05) is 12.1 Å². The normalized spacial score (nSPS) is 19.7. The molecule has 0 aliphatic heterocycles. The fourth-order valence-electron chi connectivity index (χ4n) is 2.64. The summed E-state index contributed by atoms with van der Waals surface area (Å²) < 4.78 is 0. The molecule has 0 amide bonds. The lowest BCUT2D eigenvalue weighted by atomic mass is 9.81. The Hall–Kier alpha value is -0.530. The second-order valence-electron chi connectivity index (χ2n) is 5.34. The second-order valence-corrected chi connectivity index (χ2v) is 5.75. The molecule has 0 heterocycles. The van der Waals surface area contributed by atoms with Crippen LogP contribution in [0.15, 0.2) is 24.3 Å². The lowest BCUT2D eigenvalue weighted by Crippen LogP contribution is -2.32. The summed E-state index contributed by atoms with van der Waals surface area (Å²) in [5.74, 6) is 0.955. The molecule has 17 heavy (non-hydrogen) atoms. The maximum atomic E-state index is 6.21. The molecule has 1 fully saturated rings. The fourth-order valence-corrected chi connectivity index (χ4v) is 2.94. The first-order chi connectivity index (χ1) is 8.16. The van der Waals surface area contributed by atoms with Gasteiger partial charge in [-0.1, -0.05) is 49.1 Å². The van der Waals surface area contributed by atoms with E-state index in [4.69, 9.17) is 11.6 Å². The van der Waals surface area contributed by atoms with Gasteiger partial charge in [0.25, 0.3) is 0 Å². The number of nitrogens with one attached hydrogen (secondary N) is 1. The van der Waals surface area contributed by atoms with Crippen LogP contribution in [0.25, 0.3) is 0 Å². The van der Waals surface area contributed by atoms with Gasteiger partial charge in [0.05, 0.1) is 0 Å². The van der Waals surface area contributed by atoms with E-state index in [1.54, 1.807) is 0 Å². The van der Waals surface area contributed by atoms with Crippen molar-refractivity contribution in [3.8, 4) is 0 Å². The van der Waals surface area contributed by atoms with E-state index in [0.717, 1.165) is 10.9 Å². The lowest BCUT2D eigenvalue weighted by Gasteiger charge is -2.30. The molecule has 0 saturated heterocycles. The first-order valence-corrected chi connectivity index (χ1v) is 7.05. The average molecular weight is 252 g/mol. The number of rotatable bonds is 5. The van der Waals surface area contributed by atoms with Crippen LogP contribution in [0.3, 0.4) is 0 Å². The molecule has 2 atom stereocenters. The van der Waals surface area contributed by atoms with Crippen LogP contribution in [0.4, 0.5) is 0 Å². The lowest BCUT2D eigenvalue weighted by molar-refractivity contribution is 0.259. The third-order valence-electron chi connectivity index (χ3n) is 3.82. The number of hydrogen-bond acceptors (Lipinski definition) is 1. The Morgan fingerprint density at radius 3 is 2.59 bits per heavy atom. The van der Waals surface area contributed by atoms with Crippen LogP contribution < -0.4 is 5.32 Å². The van der Waals surface area contributed by atoms with Crippen LogP contribution in [0.5, 0.6) is 0 Å². The van der Waals surface area contributed by atoms with Crippen LogP contribution in [-0.4, -0.2) is 6.04 Å². The molecular formula is C15H22ClN. The van der Waals surface area contributed by atoms with E-state index in [0.29, 0.717) is 12.1 Å². The van der Waals surface area contributed by atoms with Gasteiger partial charge in [-0.3, -0.25) is 0 Å². The number of benzene rings is 1. The molecule has 1 aliphatic carbocycles. The zero-order chi connectivity index (χ0) is 12.3. The minimum absolute atomic E-state index is 0.332. The van der Waals surface area contributed by atoms with Crippen LogP contribution in [0.1, 0.15) is 51.1 Å². The molecule has 94 valence electrons. The Morgan fingerprint density at radius 2 is 2.00 bits per heavy atom. The quantitative estimate of drug-likeness (QED) is 0.808. The van der Waals surface area contributed by atoms with Crippen LogP contribution in [0.2, 0.25) is 5.02 Å². The second kappa shape index (κ2) is 5.88. The van der Waals surface area contributed by atoms with Crippen molar-refractivity contribution in [1.82, 2.24) is 5.32 Å². The van der Waals surface area contributed by atoms with Gasteiger partial charge in [0, 0.05) is 17.1 Å². The largest absolute Gasteiger partial charge is 0.308 e. The molecule has 0 bridgehead atoms. The molecule has 0 aromatic heterocycles. The number of hydrogen-bond donors (Lipinski definition) is 1. The molecule has 1 N–H and O–H groups in total. The molecule has 0 radical (unpaired) electrons. The molecular weight excluding hydrogens is 230 g/mol. The Labute approximate surface area is 110 Å². The predicted octanol–water partition coefficient (Wildman–Crippen LogP) is 4.57. The summed E-state index contributed by atoms with van der Waals surface area (Å²) >= 11 is 6.21. The van der Waals surface area contributed by atoms with Crippen molar-refractivity contribution >= 4 is 11.6 Å². The van der Waals surface area contributed by atoms with Gasteiger partial charge in [-0.25, -0.2) is 0 Å². The summed E-state index contributed by atoms with van der Waals surface area (Å²) in [6, 6.07) is 9.01. The van der Waals surface area contributed by atoms with Gasteiger partial charge in [0.1, 0.15) is 0 Å². The summed E-state index contributed by atoms with van der Waals surface area (Å²) in [6.07, 6.45) is 5.57. The maximum absolute atomic E-state index is 6.21. The standard InChI is InChI=1S/C15H22ClN/c1-11(10-13-6-5-7-13)17-12(2)14-8-3-4-9-15(14)16/h3-4,8-9,11-13,17H,5-7,10H2,1-2H3. The zero-order valence-corrected chi connectivity index (χ0v) is 11.5. The minimum atomic E-state index is 0.332. The van der Waals surface area contributed by atoms with Crippen molar-refractivity contribution in [2.75, 3.05) is 0 Å². The molecule has 2 rings (SSSR count). The molecule has 1 aliphatic rings. The van der Waals surface area contributed by atoms with Crippen molar-refractivity contribution < 1.29 is 0 Å². The Bertz CT molecular complexity index is 360. The van der Waals surface area contributed by atoms with Crippen molar-refractivity contribution in [1.29, 1.82) is 0 Å². The first-order valence-electron chi connectivity index (χ1n) is 6.67. The smallest absolute Gasteiger partial charge is 0.0453 e. The van der Waals surface area contributed by atoms with E-state index in [-0.39, 0.29) is 0 Å². The third kappa shape index (κ3) is 3.46. The Kier molecular flexibility index (Phi) is 4.47. The van der Waals surface area contributed by atoms with E-state index in [2.05, 4.69) is 31.3 Å². The molecule has 1 nitrogen and oxygen atoms in total. The summed E-state index contributed by atoms with van der Waals surface area (Å²) in [6.45, 7) is 4.48. The topological polar surface area (TPSA) is 12.0 Å². The molecule has 2 unspecified atom stereocenters. The molecule has 2 heteroatoms. The zero-order valence-electron chi connectivity index (χ0n) is 10.7. The van der Waals surface area contributed by atoms with Gasteiger partial charge in [-0.2, -0.15) is 0 Å². The molecule has 1 aromatic rings. The Balaban J connectivity index is 1.87. The Morgan fingerprint density at radius 1 is 1.29 bits per heavy atom. The number of halogens is 1. The third-order valence-corrected chi connectivity index (χ3v) is 4.16. The van der Waals surface area contributed by atoms with E-state index in [9.17, 15) is 0 Å². The van der Waals surface area contributed by atoms with Crippen molar-refractivity contribution in [2.24, 2.45) is 5.92 Å². The highest BCUT2D eigenvalue weighted by Gasteiger charge is 2.21. The van der Waals surface area contributed by atoms with Gasteiger partial charge < -0.3 is 5.32 Å². The highest BCUT2D eigenvalue weighted by atomic mass is 35.5. The van der Waals surface area contributed by atoms with Gasteiger partial charge in [-0.15, -0.1) is 0 Å². The fraction of sp³-hybridized carbons (Fsp3) is 0.600. The van der Waals surface area contributed by atoms with Crippen molar-refractivity contribution in [2.45, 2.75) is 51.6 Å². The summed E-state index contributed by atoms with van der Waals surface area (Å²) in [4.78, 5) is 0. The van der Waals surface area contributed by atoms with Crippen LogP contribution in [-0.2, 0) is 0 Å². The van der Waals surface area contributed by atoms with Crippen LogP contribution >= 0.6 is 11.6 Å². The maximum Gasteiger partial charge on any atom is 0.0453 e. The summed E-state index contributed by atoms with van der Waals surface area (Å²) in [5.41, 5.74) is 1.20. The summed E-state index contributed by atoms with van der Waals surface area (Å²) in [5, 5.41) is 4.52. The van der Waals surface area contributed by atoms with Crippen LogP contribution in [0, 0.1) is 5.92 Å². The van der Waals surface area contributed by atoms with E-state index in [1.165, 1.54) is 31.2 Å². The molecule has 1 saturated carbocycles. The first kappa shape index (κ1) is 12.9. The summed E-state index contributed by atoms with van der Waals surface area (Å²) in [7, 11) is 0. The molecule has 1 aromatic carbocycles. The molecule has 0 spiro atoms. The van der Waals surface area contributed by atoms with E-state index >= 15 is 0 Å². The van der Waals surface area contributed by atoms with Crippen molar-refractivity contribution in [3.63, 3.8) is 0 Å². The highest BCUT2D eigenvalue weighted by molar-refractivity contribution is 6.31. The van der Waals surface area contributed by atoms with Gasteiger partial charge >= 0.3 is 0 Å². The average Bonchev–Trinajstić information content (AvgIpc) is 2.24. The van der Waals surface area contributed by atoms with Gasteiger partial charge in [-0.05, 0) is 37.8 Å².